The van der Waals surface area contributed by atoms with Gasteiger partial charge in [-0.3, -0.25) is 4.55 Å². The van der Waals surface area contributed by atoms with Gasteiger partial charge >= 0.3 is 10.4 Å². The van der Waals surface area contributed by atoms with Gasteiger partial charge in [-0.25, -0.2) is 4.18 Å². The van der Waals surface area contributed by atoms with Crippen LogP contribution < -0.4 is 0 Å². The van der Waals surface area contributed by atoms with Crippen molar-refractivity contribution in [3.05, 3.63) is 0 Å². The molecule has 16 heteroatoms. The van der Waals surface area contributed by atoms with Gasteiger partial charge < -0.3 is 56.2 Å². The first-order chi connectivity index (χ1) is 68.8. The summed E-state index contributed by atoms with van der Waals surface area (Å²) in [5.41, 5.74) is 3.71. The lowest BCUT2D eigenvalue weighted by Crippen LogP contribution is -2.62. The molecular formula is C129H228O15S. The third-order valence-corrected chi connectivity index (χ3v) is 55.1. The predicted octanol–water partition coefficient (Wildman–Crippen LogP) is 27.6. The fraction of sp³-hybridized carbons (Fsp3) is 1.00. The maximum atomic E-state index is 11.8. The molecule has 52 atom stereocenters. The molecule has 0 heterocycles. The van der Waals surface area contributed by atoms with Gasteiger partial charge in [0.15, 0.2) is 0 Å². The maximum absolute atomic E-state index is 11.8. The molecule has 145 heavy (non-hydrogen) atoms. The minimum Gasteiger partial charge on any atom is -0.396 e. The number of rotatable bonds is 26. The van der Waals surface area contributed by atoms with Crippen molar-refractivity contribution in [2.45, 2.75) is 515 Å². The Morgan fingerprint density at radius 3 is 0.690 bits per heavy atom. The van der Waals surface area contributed by atoms with E-state index in [2.05, 4.69) is 143 Å². The zero-order valence-corrected chi connectivity index (χ0v) is 97.4. The zero-order valence-electron chi connectivity index (χ0n) is 96.6. The molecule has 20 aliphatic rings. The second kappa shape index (κ2) is 46.8. The number of aliphatic hydroxyl groups excluding tert-OH is 11. The standard InChI is InChI=1S/C26H46O5S.2C26H46O3.C26H46O2.C25H44O2/c1-5-18-20-10-6-7-14-25(20,3)22-13-15-26(4)19(11-12-21(26)23(22)24(18)27)17(2)9-8-16-31-32(28,29)30;2*1-5-18-22-15-17(28)10-12-26(22,4)21-11-13-25(3)19(16(2)7-6-14-27)8-9-20(25)23(21)24(18)29;1-5-18-20-10-6-7-14-25(20,3)22-13-15-26(4)19(17(2)9-8-16-27)11-12-21(26)23(22)24(18)28;1-5-17-19-8-6-7-13-24(19,3)21-11-14-25(4)18(16(2)12-15-26)9-10-20(25)22(21)23(17)27/h17-24,27H,5-16H2,1-4H3,(H,28,29,30);2*16-24,27-29H,5-15H2,1-4H3;17-24,27-28H,5-16H2,1-4H3;16-23,26-27H,5-15H2,1-4H3/t17-,18-,19-,20+,21?,22?,23?,24-,25+,26-;16-,17-,18+,19-,20?,21?,22+,23?,24-,25-,26-;16-,17-,18-,19-,20?,21?,22+,23?,24-,25-,26-;17-,18-,19-,20+,21?,22?,23?,24-,25+,26-;16-,17-,18-,19+,20?,21?,22?,23-,24+,25-/m11111/s1. The maximum Gasteiger partial charge on any atom is 0.397 e. The van der Waals surface area contributed by atoms with E-state index in [1.165, 1.54) is 205 Å². The van der Waals surface area contributed by atoms with Crippen LogP contribution in [0.3, 0.4) is 0 Å². The first-order valence-electron chi connectivity index (χ1n) is 63.7. The molecule has 0 amide bonds. The van der Waals surface area contributed by atoms with Crippen LogP contribution in [0.4, 0.5) is 0 Å². The second-order valence-electron chi connectivity index (χ2n) is 59.5. The Kier molecular flexibility index (Phi) is 37.7. The zero-order chi connectivity index (χ0) is 105. The van der Waals surface area contributed by atoms with Crippen LogP contribution in [0.1, 0.15) is 472 Å². The fourth-order valence-corrected chi connectivity index (χ4v) is 48.3. The molecule has 20 fully saturated rings. The fourth-order valence-electron chi connectivity index (χ4n) is 47.9. The van der Waals surface area contributed by atoms with Gasteiger partial charge in [0.25, 0.3) is 0 Å². The van der Waals surface area contributed by atoms with Crippen molar-refractivity contribution in [2.75, 3.05) is 33.0 Å². The smallest absolute Gasteiger partial charge is 0.396 e. The molecule has 15 unspecified atom stereocenters. The number of aliphatic hydroxyl groups is 11. The first-order valence-corrected chi connectivity index (χ1v) is 65.0. The SMILES string of the molecule is CC[C@@H]1[C@@H](O)C2C3CC[C@H]([C@H](C)CCCO)[C@@]3(C)CCC2[C@@]2(C)CC[C@@H](O)C[C@@H]12.CC[C@H]1[C@@H](O)C2C3CC[C@H]([C@H](C)CCCO)[C@@]3(C)CCC2[C@@]2(C)CCCC[C@@H]12.CC[C@H]1[C@@H](O)C2C3CC[C@H]([C@H](C)CCCO)[C@@]3(C)CCC2[C@@]2(C)CC[C@@H](O)C[C@@H]12.CC[C@H]1[C@@H](O)C2C3CC[C@H]([C@H](C)CCCOS(=O)(=O)O)[C@@]3(C)CCC2[C@@]2(C)CCCC[C@@H]12.CC[C@H]1[C@@H](O)C2C3CC[C@H]([C@H](C)CCO)[C@@]3(C)CCC2[C@@]2(C)CCCC[C@@H]12. The predicted molar refractivity (Wildman–Crippen MR) is 588 cm³/mol. The molecule has 20 saturated carbocycles. The summed E-state index contributed by atoms with van der Waals surface area (Å²) in [4.78, 5) is 0. The lowest BCUT2D eigenvalue weighted by atomic mass is 9.41. The van der Waals surface area contributed by atoms with Crippen LogP contribution in [0, 0.1) is 261 Å². The molecule has 0 aliphatic heterocycles. The van der Waals surface area contributed by atoms with Crippen LogP contribution in [-0.4, -0.2) is 145 Å². The quantitative estimate of drug-likeness (QED) is 0.0283. The minimum absolute atomic E-state index is 0.0529. The van der Waals surface area contributed by atoms with E-state index in [1.54, 1.807) is 0 Å². The first kappa shape index (κ1) is 117. The van der Waals surface area contributed by atoms with E-state index >= 15 is 0 Å². The molecule has 0 aromatic heterocycles. The number of hydrogen-bond acceptors (Lipinski definition) is 14. The normalized spacial score (nSPS) is 51.6. The lowest BCUT2D eigenvalue weighted by Gasteiger charge is -2.64. The molecule has 0 bridgehead atoms. The summed E-state index contributed by atoms with van der Waals surface area (Å²) in [6, 6.07) is 0. The van der Waals surface area contributed by atoms with E-state index in [0.717, 1.165) is 175 Å². The topological polar surface area (TPSA) is 286 Å². The van der Waals surface area contributed by atoms with Crippen LogP contribution in [0.5, 0.6) is 0 Å². The number of hydrogen-bond donors (Lipinski definition) is 12. The Morgan fingerprint density at radius 1 is 0.248 bits per heavy atom. The highest BCUT2D eigenvalue weighted by molar-refractivity contribution is 7.80. The molecule has 0 aromatic carbocycles. The minimum atomic E-state index is -4.34. The van der Waals surface area contributed by atoms with Crippen molar-refractivity contribution in [3.8, 4) is 0 Å². The molecule has 20 aliphatic carbocycles. The van der Waals surface area contributed by atoms with Gasteiger partial charge in [0, 0.05) is 26.4 Å². The molecule has 15 nitrogen and oxygen atoms in total. The lowest BCUT2D eigenvalue weighted by molar-refractivity contribution is -0.203. The average Bonchev–Trinajstić information content (AvgIpc) is 1.68. The Balaban J connectivity index is 0.000000130. The summed E-state index contributed by atoms with van der Waals surface area (Å²) in [6.07, 6.45) is 61.6. The van der Waals surface area contributed by atoms with Crippen LogP contribution in [-0.2, 0) is 14.6 Å². The molecular weight excluding hydrogens is 1820 g/mol. The van der Waals surface area contributed by atoms with Crippen molar-refractivity contribution >= 4 is 10.4 Å². The van der Waals surface area contributed by atoms with Crippen LogP contribution in [0.2, 0.25) is 0 Å². The van der Waals surface area contributed by atoms with Gasteiger partial charge in [-0.2, -0.15) is 8.42 Å². The molecule has 0 spiro atoms. The van der Waals surface area contributed by atoms with Gasteiger partial charge in [-0.15, -0.1) is 0 Å². The van der Waals surface area contributed by atoms with Crippen LogP contribution >= 0.6 is 0 Å². The Bertz CT molecular complexity index is 4100. The van der Waals surface area contributed by atoms with Crippen molar-refractivity contribution in [1.82, 2.24) is 0 Å². The molecule has 840 valence electrons. The summed E-state index contributed by atoms with van der Waals surface area (Å²) in [6.45, 7) is 50.3. The monoisotopic (exact) mass is 2050 g/mol. The van der Waals surface area contributed by atoms with E-state index in [9.17, 15) is 64.6 Å². The van der Waals surface area contributed by atoms with Crippen molar-refractivity contribution < 1.29 is 73.3 Å². The summed E-state index contributed by atoms with van der Waals surface area (Å²) in [5.74, 6) is 21.3. The Labute approximate surface area is 887 Å². The molecule has 0 aromatic rings. The van der Waals surface area contributed by atoms with Crippen molar-refractivity contribution in [1.29, 1.82) is 0 Å². The van der Waals surface area contributed by atoms with Gasteiger partial charge in [0.05, 0.1) is 49.3 Å². The summed E-state index contributed by atoms with van der Waals surface area (Å²) < 4.78 is 35.0. The third kappa shape index (κ3) is 20.8. The Hall–Kier alpha value is -0.570. The van der Waals surface area contributed by atoms with E-state index in [0.29, 0.717) is 235 Å². The van der Waals surface area contributed by atoms with Gasteiger partial charge in [-0.1, -0.05) is 209 Å². The Morgan fingerprint density at radius 2 is 0.462 bits per heavy atom. The summed E-state index contributed by atoms with van der Waals surface area (Å²) in [7, 11) is -4.34. The second-order valence-corrected chi connectivity index (χ2v) is 60.5. The van der Waals surface area contributed by atoms with E-state index < -0.39 is 10.4 Å². The van der Waals surface area contributed by atoms with Gasteiger partial charge in [0.2, 0.25) is 0 Å². The molecule has 12 N–H and O–H groups in total. The van der Waals surface area contributed by atoms with Crippen molar-refractivity contribution in [2.24, 2.45) is 261 Å². The van der Waals surface area contributed by atoms with Gasteiger partial charge in [0.1, 0.15) is 0 Å². The average molecular weight is 2050 g/mol. The molecule has 20 rings (SSSR count). The highest BCUT2D eigenvalue weighted by atomic mass is 32.3. The highest BCUT2D eigenvalue weighted by Gasteiger charge is 2.72. The number of fused-ring (bicyclic) bond motifs is 25. The van der Waals surface area contributed by atoms with E-state index in [4.69, 9.17) is 4.55 Å². The largest absolute Gasteiger partial charge is 0.397 e. The summed E-state index contributed by atoms with van der Waals surface area (Å²) in [5, 5.41) is 117. The molecule has 0 radical (unpaired) electrons. The van der Waals surface area contributed by atoms with E-state index in [1.807, 2.05) is 0 Å². The van der Waals surface area contributed by atoms with Crippen LogP contribution in [0.25, 0.3) is 0 Å². The van der Waals surface area contributed by atoms with E-state index in [-0.39, 0.29) is 54.7 Å². The van der Waals surface area contributed by atoms with Crippen molar-refractivity contribution in [3.63, 3.8) is 0 Å². The van der Waals surface area contributed by atoms with Crippen LogP contribution in [0.15, 0.2) is 0 Å². The van der Waals surface area contributed by atoms with Gasteiger partial charge in [-0.05, 0) is 525 Å². The summed E-state index contributed by atoms with van der Waals surface area (Å²) >= 11 is 0. The highest BCUT2D eigenvalue weighted by Crippen LogP contribution is 2.78. The molecule has 0 saturated heterocycles. The third-order valence-electron chi connectivity index (χ3n) is 54.6.